The minimum atomic E-state index is 0.265. The Morgan fingerprint density at radius 3 is 2.60 bits per heavy atom. The number of rotatable bonds is 2. The van der Waals surface area contributed by atoms with E-state index in [1.807, 2.05) is 18.3 Å². The van der Waals surface area contributed by atoms with Crippen LogP contribution in [0.3, 0.4) is 0 Å². The van der Waals surface area contributed by atoms with E-state index in [4.69, 9.17) is 14.7 Å². The van der Waals surface area contributed by atoms with E-state index in [1.54, 1.807) is 6.20 Å². The number of nitrogens with one attached hydrogen (secondary N) is 1. The highest BCUT2D eigenvalue weighted by Crippen LogP contribution is 2.22. The largest absolute Gasteiger partial charge is 0.377 e. The lowest BCUT2D eigenvalue weighted by Crippen LogP contribution is -2.47. The summed E-state index contributed by atoms with van der Waals surface area (Å²) in [6, 6.07) is 14.5. The summed E-state index contributed by atoms with van der Waals surface area (Å²) in [5, 5.41) is 3.38. The molecule has 3 aromatic rings. The fourth-order valence-corrected chi connectivity index (χ4v) is 5.86. The maximum absolute atomic E-state index is 12.9. The van der Waals surface area contributed by atoms with Crippen LogP contribution in [0.15, 0.2) is 54.9 Å². The van der Waals surface area contributed by atoms with Crippen molar-refractivity contribution in [1.82, 2.24) is 29.7 Å². The average molecular weight is 542 g/mol. The summed E-state index contributed by atoms with van der Waals surface area (Å²) in [5.74, 6) is 0.908. The molecule has 0 radical (unpaired) electrons. The summed E-state index contributed by atoms with van der Waals surface area (Å²) in [5.41, 5.74) is 5.01. The number of aromatic nitrogens is 3. The zero-order valence-electron chi connectivity index (χ0n) is 23.2. The number of ketones is 1. The fraction of sp³-hybridized carbons (Fsp3) is 0.484. The molecule has 1 aromatic carbocycles. The lowest BCUT2D eigenvalue weighted by Gasteiger charge is -2.34. The van der Waals surface area contributed by atoms with E-state index >= 15 is 0 Å². The minimum absolute atomic E-state index is 0.265. The molecule has 1 N–H and O–H groups in total. The molecule has 0 aliphatic carbocycles. The van der Waals surface area contributed by atoms with Crippen LogP contribution in [0.25, 0.3) is 11.3 Å². The van der Waals surface area contributed by atoms with Gasteiger partial charge in [-0.15, -0.1) is 0 Å². The van der Waals surface area contributed by atoms with Gasteiger partial charge < -0.3 is 10.1 Å². The molecule has 9 nitrogen and oxygen atoms in total. The summed E-state index contributed by atoms with van der Waals surface area (Å²) < 4.78 is 5.93. The Bertz CT molecular complexity index is 1270. The first-order valence-corrected chi connectivity index (χ1v) is 14.6. The second-order valence-electron chi connectivity index (χ2n) is 11.2. The van der Waals surface area contributed by atoms with Gasteiger partial charge in [0.2, 0.25) is 5.95 Å². The highest BCUT2D eigenvalue weighted by atomic mass is 16.5. The van der Waals surface area contributed by atoms with Crippen molar-refractivity contribution in [3.05, 3.63) is 66.1 Å². The Morgan fingerprint density at radius 1 is 0.925 bits per heavy atom. The molecular formula is C31H39N7O2. The van der Waals surface area contributed by atoms with Crippen LogP contribution < -0.4 is 5.32 Å². The Balaban J connectivity index is 1.23. The second-order valence-corrected chi connectivity index (χ2v) is 11.2. The van der Waals surface area contributed by atoms with Gasteiger partial charge >= 0.3 is 0 Å². The fourth-order valence-electron chi connectivity index (χ4n) is 5.86. The smallest absolute Gasteiger partial charge is 0.227 e. The number of carbonyl (C=O) groups is 1. The highest BCUT2D eigenvalue weighted by Gasteiger charge is 2.22. The number of ether oxygens (including phenoxy) is 1. The summed E-state index contributed by atoms with van der Waals surface area (Å²) in [6.07, 6.45) is 7.64. The lowest BCUT2D eigenvalue weighted by molar-refractivity contribution is -0.120. The molecule has 1 unspecified atom stereocenters. The van der Waals surface area contributed by atoms with E-state index in [0.29, 0.717) is 24.7 Å². The van der Waals surface area contributed by atoms with Crippen molar-refractivity contribution in [2.75, 3.05) is 57.7 Å². The van der Waals surface area contributed by atoms with Gasteiger partial charge in [0, 0.05) is 82.5 Å². The van der Waals surface area contributed by atoms with Crippen LogP contribution >= 0.6 is 0 Å². The van der Waals surface area contributed by atoms with E-state index in [2.05, 4.69) is 55.3 Å². The normalized spacial score (nSPS) is 24.6. The lowest BCUT2D eigenvalue weighted by atomic mass is 10.1. The molecule has 0 amide bonds. The molecule has 2 fully saturated rings. The zero-order valence-corrected chi connectivity index (χ0v) is 23.2. The van der Waals surface area contributed by atoms with Gasteiger partial charge in [-0.05, 0) is 61.7 Å². The monoisotopic (exact) mass is 541 g/mol. The second kappa shape index (κ2) is 13.0. The van der Waals surface area contributed by atoms with Crippen molar-refractivity contribution in [3.8, 4) is 11.3 Å². The molecule has 6 aliphatic heterocycles. The molecule has 210 valence electrons. The van der Waals surface area contributed by atoms with Crippen molar-refractivity contribution in [1.29, 1.82) is 0 Å². The third-order valence-electron chi connectivity index (χ3n) is 8.03. The molecule has 2 saturated heterocycles. The van der Waals surface area contributed by atoms with E-state index in [9.17, 15) is 4.79 Å². The molecule has 0 spiro atoms. The third kappa shape index (κ3) is 7.28. The number of Topliss-reactive ketones (excluding diaryl/α,β-unsaturated/α-hetero) is 1. The van der Waals surface area contributed by atoms with Crippen LogP contribution in [0.1, 0.15) is 36.9 Å². The maximum Gasteiger partial charge on any atom is 0.227 e. The number of hydrogen-bond acceptors (Lipinski definition) is 9. The van der Waals surface area contributed by atoms with Crippen LogP contribution in [0.4, 0.5) is 11.6 Å². The molecule has 9 rings (SSSR count). The number of hydrogen-bond donors (Lipinski definition) is 1. The van der Waals surface area contributed by atoms with Gasteiger partial charge in [0.25, 0.3) is 0 Å². The van der Waals surface area contributed by atoms with Gasteiger partial charge in [-0.25, -0.2) is 9.97 Å². The molecular weight excluding hydrogens is 502 g/mol. The van der Waals surface area contributed by atoms with Gasteiger partial charge in [0.05, 0.1) is 24.0 Å². The SMILES string of the molecule is O=C1CCCN(CC2CCCO2)Cc2ccc(cn2)-c2ccnc(n2)Nc2cccc(c2)CN2CCN(CC2)C1. The Morgan fingerprint density at radius 2 is 1.80 bits per heavy atom. The van der Waals surface area contributed by atoms with E-state index in [-0.39, 0.29) is 6.10 Å². The predicted molar refractivity (Wildman–Crippen MR) is 155 cm³/mol. The molecule has 8 heterocycles. The number of anilines is 2. The molecule has 40 heavy (non-hydrogen) atoms. The van der Waals surface area contributed by atoms with Crippen LogP contribution in [0.2, 0.25) is 0 Å². The number of carbonyl (C=O) groups excluding carboxylic acids is 1. The predicted octanol–water partition coefficient (Wildman–Crippen LogP) is 3.74. The highest BCUT2D eigenvalue weighted by molar-refractivity contribution is 5.80. The van der Waals surface area contributed by atoms with Crippen molar-refractivity contribution >= 4 is 17.4 Å². The Hall–Kier alpha value is -3.24. The maximum atomic E-state index is 12.9. The van der Waals surface area contributed by atoms with Gasteiger partial charge in [-0.2, -0.15) is 0 Å². The zero-order chi connectivity index (χ0) is 27.1. The topological polar surface area (TPSA) is 86.7 Å². The molecule has 2 aromatic heterocycles. The van der Waals surface area contributed by atoms with E-state index in [1.165, 1.54) is 5.56 Å². The summed E-state index contributed by atoms with van der Waals surface area (Å²) in [6.45, 7) is 8.56. The molecule has 9 heteroatoms. The number of benzene rings is 1. The number of nitrogens with zero attached hydrogens (tertiary/aromatic N) is 6. The average Bonchev–Trinajstić information content (AvgIpc) is 3.48. The summed E-state index contributed by atoms with van der Waals surface area (Å²) in [7, 11) is 0. The van der Waals surface area contributed by atoms with Gasteiger partial charge in [0.15, 0.2) is 0 Å². The van der Waals surface area contributed by atoms with Crippen molar-refractivity contribution in [2.45, 2.75) is 44.9 Å². The molecule has 0 saturated carbocycles. The summed E-state index contributed by atoms with van der Waals surface area (Å²) in [4.78, 5) is 34.0. The number of pyridine rings is 1. The van der Waals surface area contributed by atoms with Crippen molar-refractivity contribution in [3.63, 3.8) is 0 Å². The summed E-state index contributed by atoms with van der Waals surface area (Å²) >= 11 is 0. The van der Waals surface area contributed by atoms with Crippen LogP contribution in [-0.2, 0) is 22.6 Å². The minimum Gasteiger partial charge on any atom is -0.377 e. The standard InChI is InChI=1S/C31H39N7O2/c39-28-6-2-12-38(23-29-7-3-17-40-29)21-27-9-8-25(19-33-27)30-10-11-32-31(35-30)34-26-5-1-4-24(18-26)20-36-13-15-37(22-28)16-14-36/h1,4-5,8-11,18-19,29H,2-3,6-7,12-17,20-23H2,(H,32,34,35). The van der Waals surface area contributed by atoms with Crippen LogP contribution in [0.5, 0.6) is 0 Å². The molecule has 1 atom stereocenters. The first kappa shape index (κ1) is 27.0. The van der Waals surface area contributed by atoms with Crippen LogP contribution in [-0.4, -0.2) is 94.0 Å². The Labute approximate surface area is 236 Å². The first-order valence-electron chi connectivity index (χ1n) is 14.6. The van der Waals surface area contributed by atoms with Crippen molar-refractivity contribution < 1.29 is 9.53 Å². The molecule has 6 aliphatic rings. The van der Waals surface area contributed by atoms with Gasteiger partial charge in [-0.1, -0.05) is 12.1 Å². The van der Waals surface area contributed by atoms with Crippen molar-refractivity contribution in [2.24, 2.45) is 0 Å². The van der Waals surface area contributed by atoms with E-state index in [0.717, 1.165) is 101 Å². The van der Waals surface area contributed by atoms with Crippen LogP contribution in [0, 0.1) is 0 Å². The van der Waals surface area contributed by atoms with Gasteiger partial charge in [0.1, 0.15) is 5.78 Å². The van der Waals surface area contributed by atoms with Gasteiger partial charge in [-0.3, -0.25) is 24.5 Å². The third-order valence-corrected chi connectivity index (χ3v) is 8.03. The number of piperazine rings is 1. The van der Waals surface area contributed by atoms with E-state index < -0.39 is 0 Å². The Kier molecular flexibility index (Phi) is 8.73. The molecule has 8 bridgehead atoms. The quantitative estimate of drug-likeness (QED) is 0.521. The first-order chi connectivity index (χ1) is 19.7.